The van der Waals surface area contributed by atoms with Gasteiger partial charge < -0.3 is 15.3 Å². The summed E-state index contributed by atoms with van der Waals surface area (Å²) in [6.07, 6.45) is 6.60. The Morgan fingerprint density at radius 3 is 3.00 bits per heavy atom. The lowest BCUT2D eigenvalue weighted by atomic mass is 10.2. The van der Waals surface area contributed by atoms with E-state index in [9.17, 15) is 4.79 Å². The zero-order valence-corrected chi connectivity index (χ0v) is 10.8. The number of hydrogen-bond acceptors (Lipinski definition) is 4. The summed E-state index contributed by atoms with van der Waals surface area (Å²) in [7, 11) is 0. The Kier molecular flexibility index (Phi) is 3.06. The second kappa shape index (κ2) is 4.87. The highest BCUT2D eigenvalue weighted by Gasteiger charge is 2.26. The second-order valence-corrected chi connectivity index (χ2v) is 4.87. The molecule has 6 heteroatoms. The summed E-state index contributed by atoms with van der Waals surface area (Å²) in [5, 5.41) is 3.27. The number of aromatic nitrogens is 4. The molecule has 0 saturated heterocycles. The van der Waals surface area contributed by atoms with E-state index in [2.05, 4.69) is 32.2 Å². The molecule has 1 aliphatic carbocycles. The molecule has 0 radical (unpaired) electrons. The monoisotopic (exact) mass is 259 g/mol. The molecule has 6 nitrogen and oxygen atoms in total. The lowest BCUT2D eigenvalue weighted by molar-refractivity contribution is 0.697. The van der Waals surface area contributed by atoms with Crippen LogP contribution in [-0.4, -0.2) is 19.9 Å². The van der Waals surface area contributed by atoms with Crippen molar-refractivity contribution in [1.82, 2.24) is 19.9 Å². The number of H-pyrrole nitrogens is 2. The first-order chi connectivity index (χ1) is 9.26. The van der Waals surface area contributed by atoms with E-state index < -0.39 is 0 Å². The molecule has 2 aromatic heterocycles. The summed E-state index contributed by atoms with van der Waals surface area (Å²) in [5.74, 6) is 2.70. The van der Waals surface area contributed by atoms with Gasteiger partial charge in [-0.25, -0.2) is 9.97 Å². The predicted molar refractivity (Wildman–Crippen MR) is 72.1 cm³/mol. The van der Waals surface area contributed by atoms with Gasteiger partial charge in [-0.2, -0.15) is 0 Å². The Bertz CT molecular complexity index is 600. The van der Waals surface area contributed by atoms with Crippen molar-refractivity contribution in [3.8, 4) is 0 Å². The summed E-state index contributed by atoms with van der Waals surface area (Å²) in [6.45, 7) is 2.06. The van der Waals surface area contributed by atoms with Gasteiger partial charge in [0.05, 0.1) is 6.04 Å². The number of rotatable bonds is 5. The fourth-order valence-corrected chi connectivity index (χ4v) is 2.11. The van der Waals surface area contributed by atoms with Gasteiger partial charge in [-0.05, 0) is 19.3 Å². The number of nitrogens with zero attached hydrogens (tertiary/aromatic N) is 2. The quantitative estimate of drug-likeness (QED) is 0.765. The SMILES string of the molecule is CCC(Nc1cc(=O)[nH]c(C2CC2)n1)c1ncc[nH]1. The van der Waals surface area contributed by atoms with Crippen molar-refractivity contribution in [1.29, 1.82) is 0 Å². The van der Waals surface area contributed by atoms with Crippen molar-refractivity contribution in [3.63, 3.8) is 0 Å². The van der Waals surface area contributed by atoms with E-state index >= 15 is 0 Å². The Morgan fingerprint density at radius 1 is 1.53 bits per heavy atom. The third-order valence-electron chi connectivity index (χ3n) is 3.30. The van der Waals surface area contributed by atoms with Crippen LogP contribution in [0.15, 0.2) is 23.3 Å². The van der Waals surface area contributed by atoms with Gasteiger partial charge in [-0.15, -0.1) is 0 Å². The molecule has 1 aliphatic rings. The van der Waals surface area contributed by atoms with E-state index in [0.29, 0.717) is 11.7 Å². The van der Waals surface area contributed by atoms with Crippen LogP contribution in [0.25, 0.3) is 0 Å². The first-order valence-electron chi connectivity index (χ1n) is 6.63. The minimum Gasteiger partial charge on any atom is -0.360 e. The standard InChI is InChI=1S/C13H17N5O/c1-2-9(13-14-5-6-15-13)16-10-7-11(19)18-12(17-10)8-3-4-8/h5-9H,2-4H2,1H3,(H,14,15)(H2,16,17,18,19). The van der Waals surface area contributed by atoms with Crippen LogP contribution < -0.4 is 10.9 Å². The average molecular weight is 259 g/mol. The summed E-state index contributed by atoms with van der Waals surface area (Å²) >= 11 is 0. The van der Waals surface area contributed by atoms with Crippen LogP contribution in [0.5, 0.6) is 0 Å². The summed E-state index contributed by atoms with van der Waals surface area (Å²) < 4.78 is 0. The van der Waals surface area contributed by atoms with Crippen LogP contribution in [0.4, 0.5) is 5.82 Å². The van der Waals surface area contributed by atoms with Crippen molar-refractivity contribution in [3.05, 3.63) is 40.5 Å². The predicted octanol–water partition coefficient (Wildman–Crippen LogP) is 1.93. The van der Waals surface area contributed by atoms with Crippen molar-refractivity contribution in [2.45, 2.75) is 38.1 Å². The first-order valence-corrected chi connectivity index (χ1v) is 6.63. The molecule has 0 aromatic carbocycles. The Hall–Kier alpha value is -2.11. The van der Waals surface area contributed by atoms with E-state index in [1.165, 1.54) is 6.07 Å². The zero-order chi connectivity index (χ0) is 13.2. The topological polar surface area (TPSA) is 86.5 Å². The largest absolute Gasteiger partial charge is 0.360 e. The second-order valence-electron chi connectivity index (χ2n) is 4.87. The highest BCUT2D eigenvalue weighted by Crippen LogP contribution is 2.37. The maximum atomic E-state index is 11.6. The highest BCUT2D eigenvalue weighted by atomic mass is 16.1. The lowest BCUT2D eigenvalue weighted by Gasteiger charge is -2.15. The molecule has 2 heterocycles. The molecule has 0 amide bonds. The van der Waals surface area contributed by atoms with Gasteiger partial charge in [-0.3, -0.25) is 4.79 Å². The van der Waals surface area contributed by atoms with Gasteiger partial charge in [0, 0.05) is 24.4 Å². The number of nitrogens with one attached hydrogen (secondary N) is 3. The highest BCUT2D eigenvalue weighted by molar-refractivity contribution is 5.36. The van der Waals surface area contributed by atoms with Crippen molar-refractivity contribution in [2.24, 2.45) is 0 Å². The van der Waals surface area contributed by atoms with Crippen molar-refractivity contribution >= 4 is 5.82 Å². The summed E-state index contributed by atoms with van der Waals surface area (Å²) in [6, 6.07) is 1.54. The van der Waals surface area contributed by atoms with E-state index in [1.807, 2.05) is 0 Å². The van der Waals surface area contributed by atoms with Gasteiger partial charge in [0.15, 0.2) is 0 Å². The van der Waals surface area contributed by atoms with Gasteiger partial charge in [-0.1, -0.05) is 6.92 Å². The molecule has 1 unspecified atom stereocenters. The molecule has 0 spiro atoms. The van der Waals surface area contributed by atoms with E-state index in [1.54, 1.807) is 12.4 Å². The zero-order valence-electron chi connectivity index (χ0n) is 10.8. The van der Waals surface area contributed by atoms with Gasteiger partial charge in [0.25, 0.3) is 5.56 Å². The molecular formula is C13H17N5O. The lowest BCUT2D eigenvalue weighted by Crippen LogP contribution is -2.17. The molecule has 0 aliphatic heterocycles. The van der Waals surface area contributed by atoms with Crippen LogP contribution in [0.2, 0.25) is 0 Å². The minimum absolute atomic E-state index is 0.0383. The molecule has 100 valence electrons. The van der Waals surface area contributed by atoms with Crippen LogP contribution in [0.1, 0.15) is 49.8 Å². The maximum absolute atomic E-state index is 11.6. The molecule has 1 saturated carbocycles. The molecular weight excluding hydrogens is 242 g/mol. The van der Waals surface area contributed by atoms with Crippen LogP contribution in [0.3, 0.4) is 0 Å². The van der Waals surface area contributed by atoms with E-state index in [0.717, 1.165) is 30.9 Å². The third-order valence-corrected chi connectivity index (χ3v) is 3.30. The molecule has 19 heavy (non-hydrogen) atoms. The Morgan fingerprint density at radius 2 is 2.37 bits per heavy atom. The molecule has 2 aromatic rings. The Labute approximate surface area is 110 Å². The molecule has 1 atom stereocenters. The number of anilines is 1. The normalized spacial score (nSPS) is 16.3. The average Bonchev–Trinajstić information content (AvgIpc) is 3.11. The summed E-state index contributed by atoms with van der Waals surface area (Å²) in [5.41, 5.74) is -0.103. The van der Waals surface area contributed by atoms with Crippen LogP contribution in [0, 0.1) is 0 Å². The Balaban J connectivity index is 1.83. The van der Waals surface area contributed by atoms with Gasteiger partial charge in [0.2, 0.25) is 0 Å². The molecule has 3 rings (SSSR count). The minimum atomic E-state index is -0.103. The number of imidazole rings is 1. The smallest absolute Gasteiger partial charge is 0.252 e. The number of hydrogen-bond donors (Lipinski definition) is 3. The summed E-state index contributed by atoms with van der Waals surface area (Å²) in [4.78, 5) is 26.3. The fourth-order valence-electron chi connectivity index (χ4n) is 2.11. The van der Waals surface area contributed by atoms with E-state index in [4.69, 9.17) is 0 Å². The molecule has 3 N–H and O–H groups in total. The fraction of sp³-hybridized carbons (Fsp3) is 0.462. The van der Waals surface area contributed by atoms with Crippen molar-refractivity contribution in [2.75, 3.05) is 5.32 Å². The van der Waals surface area contributed by atoms with Crippen molar-refractivity contribution < 1.29 is 0 Å². The number of aromatic amines is 2. The van der Waals surface area contributed by atoms with Crippen LogP contribution >= 0.6 is 0 Å². The molecule has 0 bridgehead atoms. The maximum Gasteiger partial charge on any atom is 0.252 e. The van der Waals surface area contributed by atoms with Gasteiger partial charge >= 0.3 is 0 Å². The van der Waals surface area contributed by atoms with Crippen LogP contribution in [-0.2, 0) is 0 Å². The third kappa shape index (κ3) is 2.67. The first kappa shape index (κ1) is 12.0. The van der Waals surface area contributed by atoms with Gasteiger partial charge in [0.1, 0.15) is 17.5 Å². The molecule has 1 fully saturated rings. The van der Waals surface area contributed by atoms with E-state index in [-0.39, 0.29) is 11.6 Å².